The lowest BCUT2D eigenvalue weighted by Crippen LogP contribution is -2.52. The maximum absolute atomic E-state index is 12.4. The highest BCUT2D eigenvalue weighted by Gasteiger charge is 2.38. The Hall–Kier alpha value is -0.290. The van der Waals surface area contributed by atoms with Crippen molar-refractivity contribution in [3.63, 3.8) is 0 Å². The van der Waals surface area contributed by atoms with E-state index in [1.165, 1.54) is 0 Å². The summed E-state index contributed by atoms with van der Waals surface area (Å²) >= 11 is 0. The third-order valence-electron chi connectivity index (χ3n) is 3.60. The Bertz CT molecular complexity index is 207. The van der Waals surface area contributed by atoms with E-state index in [-0.39, 0.29) is 12.5 Å². The number of methoxy groups -OCH3 is 1. The van der Waals surface area contributed by atoms with Crippen LogP contribution in [0, 0.1) is 0 Å². The van der Waals surface area contributed by atoms with Gasteiger partial charge in [0.1, 0.15) is 0 Å². The van der Waals surface area contributed by atoms with Crippen molar-refractivity contribution in [2.45, 2.75) is 70.7 Å². The largest absolute Gasteiger partial charge is 0.389 e. The van der Waals surface area contributed by atoms with Crippen molar-refractivity contribution < 1.29 is 17.9 Å². The monoisotopic (exact) mass is 269 g/mol. The van der Waals surface area contributed by atoms with Crippen molar-refractivity contribution in [2.75, 3.05) is 13.7 Å². The molecule has 0 aromatic heterocycles. The number of halogens is 3. The quantitative estimate of drug-likeness (QED) is 0.685. The first kappa shape index (κ1) is 17.7. The zero-order valence-corrected chi connectivity index (χ0v) is 11.9. The molecule has 0 amide bonds. The first-order valence-corrected chi connectivity index (χ1v) is 6.70. The predicted octanol–water partition coefficient (Wildman–Crippen LogP) is 3.90. The van der Waals surface area contributed by atoms with Crippen molar-refractivity contribution in [2.24, 2.45) is 0 Å². The van der Waals surface area contributed by atoms with E-state index >= 15 is 0 Å². The van der Waals surface area contributed by atoms with E-state index in [0.29, 0.717) is 19.4 Å². The summed E-state index contributed by atoms with van der Waals surface area (Å²) in [5.74, 6) is 0. The van der Waals surface area contributed by atoms with Crippen LogP contribution in [0.25, 0.3) is 0 Å². The normalized spacial score (nSPS) is 14.8. The van der Waals surface area contributed by atoms with Crippen LogP contribution in [0.5, 0.6) is 0 Å². The molecule has 0 fully saturated rings. The minimum Gasteiger partial charge on any atom is -0.377 e. The average Bonchev–Trinajstić information content (AvgIpc) is 2.32. The number of nitrogens with one attached hydrogen (secondary N) is 1. The van der Waals surface area contributed by atoms with E-state index in [1.807, 2.05) is 20.8 Å². The third kappa shape index (κ3) is 5.57. The van der Waals surface area contributed by atoms with E-state index in [0.717, 1.165) is 6.42 Å². The lowest BCUT2D eigenvalue weighted by Gasteiger charge is -2.39. The molecule has 0 aliphatic rings. The van der Waals surface area contributed by atoms with Crippen LogP contribution in [0.4, 0.5) is 13.2 Å². The summed E-state index contributed by atoms with van der Waals surface area (Å²) in [5, 5.41) is 3.21. The molecule has 0 radical (unpaired) electrons. The zero-order chi connectivity index (χ0) is 14.2. The summed E-state index contributed by atoms with van der Waals surface area (Å²) in [4.78, 5) is 0. The number of rotatable bonds is 9. The molecular weight excluding hydrogens is 243 g/mol. The summed E-state index contributed by atoms with van der Waals surface area (Å²) in [6.07, 6.45) is -2.49. The van der Waals surface area contributed by atoms with Gasteiger partial charge in [-0.25, -0.2) is 0 Å². The van der Waals surface area contributed by atoms with Crippen LogP contribution >= 0.6 is 0 Å². The number of hydrogen-bond donors (Lipinski definition) is 1. The minimum atomic E-state index is -4.10. The van der Waals surface area contributed by atoms with Gasteiger partial charge in [-0.2, -0.15) is 13.2 Å². The Morgan fingerprint density at radius 1 is 1.11 bits per heavy atom. The molecule has 0 saturated carbocycles. The molecule has 0 bridgehead atoms. The SMILES string of the molecule is CCCNC(CCC(F)(F)F)C(CC)(CC)OC. The Kier molecular flexibility index (Phi) is 7.87. The van der Waals surface area contributed by atoms with Crippen molar-refractivity contribution in [1.82, 2.24) is 5.32 Å². The Morgan fingerprint density at radius 3 is 2.00 bits per heavy atom. The first-order chi connectivity index (χ1) is 8.35. The highest BCUT2D eigenvalue weighted by molar-refractivity contribution is 4.91. The number of alkyl halides is 3. The summed E-state index contributed by atoms with van der Waals surface area (Å²) in [5.41, 5.74) is -0.500. The zero-order valence-electron chi connectivity index (χ0n) is 11.9. The van der Waals surface area contributed by atoms with Gasteiger partial charge in [0.25, 0.3) is 0 Å². The maximum Gasteiger partial charge on any atom is 0.389 e. The molecule has 1 N–H and O–H groups in total. The maximum atomic E-state index is 12.4. The molecule has 1 atom stereocenters. The summed E-state index contributed by atoms with van der Waals surface area (Å²) in [7, 11) is 1.58. The van der Waals surface area contributed by atoms with Crippen molar-refractivity contribution in [3.05, 3.63) is 0 Å². The second kappa shape index (κ2) is 8.00. The van der Waals surface area contributed by atoms with Gasteiger partial charge in [0.2, 0.25) is 0 Å². The van der Waals surface area contributed by atoms with Crippen LogP contribution in [0.15, 0.2) is 0 Å². The molecule has 18 heavy (non-hydrogen) atoms. The first-order valence-electron chi connectivity index (χ1n) is 6.70. The molecule has 2 nitrogen and oxygen atoms in total. The van der Waals surface area contributed by atoms with Gasteiger partial charge in [-0.15, -0.1) is 0 Å². The van der Waals surface area contributed by atoms with Crippen LogP contribution < -0.4 is 5.32 Å². The Morgan fingerprint density at radius 2 is 1.67 bits per heavy atom. The molecule has 1 unspecified atom stereocenters. The molecule has 0 aliphatic heterocycles. The predicted molar refractivity (Wildman–Crippen MR) is 67.7 cm³/mol. The molecular formula is C13H26F3NO. The van der Waals surface area contributed by atoms with E-state index < -0.39 is 18.2 Å². The van der Waals surface area contributed by atoms with Gasteiger partial charge >= 0.3 is 6.18 Å². The van der Waals surface area contributed by atoms with Gasteiger partial charge in [-0.3, -0.25) is 0 Å². The molecule has 0 saturated heterocycles. The van der Waals surface area contributed by atoms with Crippen molar-refractivity contribution in [1.29, 1.82) is 0 Å². The highest BCUT2D eigenvalue weighted by Crippen LogP contribution is 2.30. The van der Waals surface area contributed by atoms with E-state index in [1.54, 1.807) is 7.11 Å². The smallest absolute Gasteiger partial charge is 0.377 e. The van der Waals surface area contributed by atoms with E-state index in [9.17, 15) is 13.2 Å². The van der Waals surface area contributed by atoms with E-state index in [4.69, 9.17) is 4.74 Å². The van der Waals surface area contributed by atoms with Crippen LogP contribution in [-0.4, -0.2) is 31.5 Å². The van der Waals surface area contributed by atoms with Gasteiger partial charge < -0.3 is 10.1 Å². The molecule has 110 valence electrons. The molecule has 0 rings (SSSR count). The standard InChI is InChI=1S/C13H26F3NO/c1-5-10-17-11(8-9-13(14,15)16)12(6-2,7-3)18-4/h11,17H,5-10H2,1-4H3. The van der Waals surface area contributed by atoms with Crippen LogP contribution in [0.1, 0.15) is 52.9 Å². The Balaban J connectivity index is 4.72. The molecule has 0 spiro atoms. The van der Waals surface area contributed by atoms with E-state index in [2.05, 4.69) is 5.32 Å². The van der Waals surface area contributed by atoms with Gasteiger partial charge in [-0.1, -0.05) is 20.8 Å². The van der Waals surface area contributed by atoms with Gasteiger partial charge in [0, 0.05) is 19.6 Å². The Labute approximate surface area is 108 Å². The summed E-state index contributed by atoms with van der Waals surface area (Å²) in [6.45, 7) is 6.64. The lowest BCUT2D eigenvalue weighted by molar-refractivity contribution is -0.142. The molecule has 0 heterocycles. The number of ether oxygens (including phenoxy) is 1. The van der Waals surface area contributed by atoms with Gasteiger partial charge in [-0.05, 0) is 32.2 Å². The van der Waals surface area contributed by atoms with Gasteiger partial charge in [0.05, 0.1) is 5.60 Å². The lowest BCUT2D eigenvalue weighted by atomic mass is 9.85. The second-order valence-electron chi connectivity index (χ2n) is 4.64. The van der Waals surface area contributed by atoms with Crippen molar-refractivity contribution >= 4 is 0 Å². The fraction of sp³-hybridized carbons (Fsp3) is 1.00. The average molecular weight is 269 g/mol. The van der Waals surface area contributed by atoms with Crippen LogP contribution in [-0.2, 0) is 4.74 Å². The van der Waals surface area contributed by atoms with Crippen LogP contribution in [0.2, 0.25) is 0 Å². The third-order valence-corrected chi connectivity index (χ3v) is 3.60. The summed E-state index contributed by atoms with van der Waals surface area (Å²) < 4.78 is 42.6. The molecule has 0 aliphatic carbocycles. The fourth-order valence-electron chi connectivity index (χ4n) is 2.35. The summed E-state index contributed by atoms with van der Waals surface area (Å²) in [6, 6.07) is -0.251. The highest BCUT2D eigenvalue weighted by atomic mass is 19.4. The second-order valence-corrected chi connectivity index (χ2v) is 4.64. The van der Waals surface area contributed by atoms with Crippen molar-refractivity contribution in [3.8, 4) is 0 Å². The minimum absolute atomic E-state index is 0.0685. The fourth-order valence-corrected chi connectivity index (χ4v) is 2.35. The topological polar surface area (TPSA) is 21.3 Å². The number of hydrogen-bond acceptors (Lipinski definition) is 2. The molecule has 0 aromatic carbocycles. The molecule has 0 aromatic rings. The molecule has 5 heteroatoms. The van der Waals surface area contributed by atoms with Gasteiger partial charge in [0.15, 0.2) is 0 Å². The van der Waals surface area contributed by atoms with Crippen LogP contribution in [0.3, 0.4) is 0 Å².